The molecule has 0 aromatic heterocycles. The van der Waals surface area contributed by atoms with E-state index in [4.69, 9.17) is 16.1 Å². The Morgan fingerprint density at radius 1 is 1.11 bits per heavy atom. The van der Waals surface area contributed by atoms with Crippen LogP contribution in [0.4, 0.5) is 0 Å². The lowest BCUT2D eigenvalue weighted by molar-refractivity contribution is 0.349. The smallest absolute Gasteiger partial charge is 0.164 e. The number of methoxy groups -OCH3 is 2. The number of fused-ring (bicyclic) bond motifs is 1. The largest absolute Gasteiger partial charge is 0.493 e. The van der Waals surface area contributed by atoms with Gasteiger partial charge < -0.3 is 9.47 Å². The van der Waals surface area contributed by atoms with E-state index in [9.17, 15) is 0 Å². The molecule has 2 saturated carbocycles. The molecule has 0 saturated heterocycles. The van der Waals surface area contributed by atoms with Crippen molar-refractivity contribution in [2.45, 2.75) is 67.6 Å². The molecule has 0 aliphatic heterocycles. The summed E-state index contributed by atoms with van der Waals surface area (Å²) in [5, 5.41) is 0. The molecule has 2 fully saturated rings. The number of benzene rings is 2. The summed E-state index contributed by atoms with van der Waals surface area (Å²) in [5.41, 5.74) is 9.04. The fourth-order valence-electron chi connectivity index (χ4n) is 7.05. The van der Waals surface area contributed by atoms with Crippen LogP contribution in [-0.2, 0) is 19.3 Å². The van der Waals surface area contributed by atoms with Crippen molar-refractivity contribution in [2.75, 3.05) is 14.2 Å². The molecule has 186 valence electrons. The molecule has 0 N–H and O–H groups in total. The van der Waals surface area contributed by atoms with E-state index in [-0.39, 0.29) is 0 Å². The third-order valence-electron chi connectivity index (χ3n) is 9.05. The molecule has 0 amide bonds. The van der Waals surface area contributed by atoms with Gasteiger partial charge in [0.05, 0.1) is 14.2 Å². The third-order valence-corrected chi connectivity index (χ3v) is 10.7. The molecule has 0 heterocycles. The van der Waals surface area contributed by atoms with E-state index in [1.165, 1.54) is 48.8 Å². The van der Waals surface area contributed by atoms with Gasteiger partial charge in [0.15, 0.2) is 11.5 Å². The van der Waals surface area contributed by atoms with Crippen LogP contribution < -0.4 is 9.47 Å². The normalized spacial score (nSPS) is 27.8. The molecule has 2 aromatic carbocycles. The first kappa shape index (κ1) is 24.9. The van der Waals surface area contributed by atoms with E-state index in [1.807, 2.05) is 6.07 Å². The molecule has 3 aliphatic rings. The van der Waals surface area contributed by atoms with Gasteiger partial charge in [0.1, 0.15) is 0 Å². The number of ether oxygens (including phenoxy) is 2. The Morgan fingerprint density at radius 3 is 2.60 bits per heavy atom. The Labute approximate surface area is 225 Å². The van der Waals surface area contributed by atoms with Crippen molar-refractivity contribution in [1.82, 2.24) is 0 Å². The van der Waals surface area contributed by atoms with Crippen LogP contribution in [0.5, 0.6) is 11.5 Å². The second-order valence-corrected chi connectivity index (χ2v) is 12.3. The quantitative estimate of drug-likeness (QED) is 0.169. The Morgan fingerprint density at radius 2 is 1.89 bits per heavy atom. The van der Waals surface area contributed by atoms with Crippen molar-refractivity contribution in [3.8, 4) is 11.5 Å². The molecule has 35 heavy (non-hydrogen) atoms. The van der Waals surface area contributed by atoms with Crippen molar-refractivity contribution in [3.05, 3.63) is 83.0 Å². The maximum atomic E-state index is 5.76. The highest BCUT2D eigenvalue weighted by Gasteiger charge is 2.53. The van der Waals surface area contributed by atoms with Crippen LogP contribution in [0.15, 0.2) is 55.1 Å². The maximum Gasteiger partial charge on any atom is 0.164 e. The molecule has 0 bridgehead atoms. The number of para-hydroxylation sites is 1. The molecule has 6 unspecified atom stereocenters. The van der Waals surface area contributed by atoms with Crippen molar-refractivity contribution < 1.29 is 9.47 Å². The van der Waals surface area contributed by atoms with Crippen LogP contribution >= 0.6 is 22.6 Å². The number of rotatable bonds is 9. The lowest BCUT2D eigenvalue weighted by Crippen LogP contribution is -2.11. The average molecular weight is 583 g/mol. The first-order chi connectivity index (χ1) is 17.0. The Kier molecular flexibility index (Phi) is 7.35. The fraction of sp³-hybridized carbons (Fsp3) is 0.500. The minimum Gasteiger partial charge on any atom is -0.493 e. The van der Waals surface area contributed by atoms with Gasteiger partial charge in [0.2, 0.25) is 0 Å². The highest BCUT2D eigenvalue weighted by Crippen LogP contribution is 2.61. The van der Waals surface area contributed by atoms with Crippen LogP contribution in [0.1, 0.15) is 72.3 Å². The van der Waals surface area contributed by atoms with E-state index >= 15 is 0 Å². The number of alkyl halides is 1. The van der Waals surface area contributed by atoms with Crippen LogP contribution in [0.3, 0.4) is 0 Å². The van der Waals surface area contributed by atoms with Gasteiger partial charge >= 0.3 is 0 Å². The molecule has 2 nitrogen and oxygen atoms in total. The van der Waals surface area contributed by atoms with Gasteiger partial charge in [-0.25, -0.2) is 0 Å². The Balaban J connectivity index is 1.31. The number of hydrogen-bond acceptors (Lipinski definition) is 2. The van der Waals surface area contributed by atoms with E-state index in [0.717, 1.165) is 24.3 Å². The predicted molar refractivity (Wildman–Crippen MR) is 154 cm³/mol. The number of halogens is 1. The summed E-state index contributed by atoms with van der Waals surface area (Å²) in [6.45, 7) is 11.2. The highest BCUT2D eigenvalue weighted by atomic mass is 127. The molecule has 5 rings (SSSR count). The summed E-state index contributed by atoms with van der Waals surface area (Å²) in [6.07, 6.45) is 10.4. The summed E-state index contributed by atoms with van der Waals surface area (Å²) in [5.74, 6) is 4.72. The summed E-state index contributed by atoms with van der Waals surface area (Å²) in [4.78, 5) is 0. The fourth-order valence-corrected chi connectivity index (χ4v) is 8.75. The minimum atomic E-state index is 0.510. The second-order valence-electron chi connectivity index (χ2n) is 10.9. The molecule has 3 aliphatic carbocycles. The van der Waals surface area contributed by atoms with Crippen LogP contribution in [0, 0.1) is 17.8 Å². The van der Waals surface area contributed by atoms with Crippen molar-refractivity contribution in [1.29, 1.82) is 0 Å². The lowest BCUT2D eigenvalue weighted by atomic mass is 9.83. The third kappa shape index (κ3) is 4.58. The van der Waals surface area contributed by atoms with E-state index in [1.54, 1.807) is 30.9 Å². The summed E-state index contributed by atoms with van der Waals surface area (Å²) < 4.78 is 12.0. The SMILES string of the molecule is C=CCc1cc2c(cc1C1C(I)C1C(C)C(=C)C1CCC(c3cccc(OC)c3OC)C1)CCC2. The molecule has 2 aromatic rings. The van der Waals surface area contributed by atoms with Gasteiger partial charge in [-0.05, 0) is 96.9 Å². The van der Waals surface area contributed by atoms with Gasteiger partial charge in [-0.15, -0.1) is 6.58 Å². The molecule has 0 spiro atoms. The number of allylic oxidation sites excluding steroid dienone is 2. The van der Waals surface area contributed by atoms with Gasteiger partial charge in [-0.3, -0.25) is 0 Å². The summed E-state index contributed by atoms with van der Waals surface area (Å²) in [7, 11) is 3.47. The topological polar surface area (TPSA) is 18.5 Å². The number of aryl methyl sites for hydroxylation is 2. The Bertz CT molecular complexity index is 1120. The minimum absolute atomic E-state index is 0.510. The van der Waals surface area contributed by atoms with Crippen LogP contribution in [0.2, 0.25) is 0 Å². The monoisotopic (exact) mass is 582 g/mol. The maximum absolute atomic E-state index is 5.76. The standard InChI is InChI=1S/C32H39IO2/c1-6-9-24-17-22-10-7-11-23(22)18-27(24)30-29(31(30)33)20(3)19(2)21-14-15-25(16-21)26-12-8-13-28(34-4)32(26)35-5/h6,8,12-13,17-18,20-21,25,29-31H,1-2,7,9-11,14-16H2,3-5H3. The van der Waals surface area contributed by atoms with Gasteiger partial charge in [-0.1, -0.05) is 72.0 Å². The zero-order chi connectivity index (χ0) is 24.7. The van der Waals surface area contributed by atoms with Crippen molar-refractivity contribution in [2.24, 2.45) is 17.8 Å². The molecule has 6 atom stereocenters. The first-order valence-electron chi connectivity index (χ1n) is 13.3. The number of hydrogen-bond donors (Lipinski definition) is 0. The van der Waals surface area contributed by atoms with Crippen LogP contribution in [0.25, 0.3) is 0 Å². The Hall–Kier alpha value is -1.75. The molecule has 3 heteroatoms. The second kappa shape index (κ2) is 10.3. The molecular weight excluding hydrogens is 543 g/mol. The zero-order valence-corrected chi connectivity index (χ0v) is 23.6. The first-order valence-corrected chi connectivity index (χ1v) is 14.5. The molecule has 0 radical (unpaired) electrons. The average Bonchev–Trinajstić information content (AvgIpc) is 3.23. The summed E-state index contributed by atoms with van der Waals surface area (Å²) >= 11 is 2.72. The highest BCUT2D eigenvalue weighted by molar-refractivity contribution is 14.1. The van der Waals surface area contributed by atoms with Crippen LogP contribution in [-0.4, -0.2) is 18.1 Å². The zero-order valence-electron chi connectivity index (χ0n) is 21.5. The molecular formula is C32H39IO2. The van der Waals surface area contributed by atoms with Crippen molar-refractivity contribution in [3.63, 3.8) is 0 Å². The van der Waals surface area contributed by atoms with Gasteiger partial charge in [-0.2, -0.15) is 0 Å². The van der Waals surface area contributed by atoms with Crippen molar-refractivity contribution >= 4 is 22.6 Å². The van der Waals surface area contributed by atoms with E-state index in [0.29, 0.717) is 33.5 Å². The van der Waals surface area contributed by atoms with Gasteiger partial charge in [0, 0.05) is 15.4 Å². The lowest BCUT2D eigenvalue weighted by Gasteiger charge is -2.22. The predicted octanol–water partition coefficient (Wildman–Crippen LogP) is 8.21. The van der Waals surface area contributed by atoms with Gasteiger partial charge in [0.25, 0.3) is 0 Å². The van der Waals surface area contributed by atoms with E-state index in [2.05, 4.69) is 66.4 Å². The summed E-state index contributed by atoms with van der Waals surface area (Å²) in [6, 6.07) is 11.4. The van der Waals surface area contributed by atoms with E-state index < -0.39 is 0 Å².